The van der Waals surface area contributed by atoms with Crippen molar-refractivity contribution in [2.45, 2.75) is 0 Å². The van der Waals surface area contributed by atoms with Crippen LogP contribution < -0.4 is 10.5 Å². The fourth-order valence-corrected chi connectivity index (χ4v) is 2.46. The van der Waals surface area contributed by atoms with Gasteiger partial charge in [0.05, 0.1) is 10.2 Å². The van der Waals surface area contributed by atoms with E-state index in [9.17, 15) is 0 Å². The minimum Gasteiger partial charge on any atom is -0.436 e. The lowest BCUT2D eigenvalue weighted by Gasteiger charge is -2.10. The molecule has 0 unspecified atom stereocenters. The van der Waals surface area contributed by atoms with Crippen LogP contribution >= 0.6 is 15.9 Å². The second-order valence-corrected chi connectivity index (χ2v) is 4.89. The molecule has 1 heterocycles. The molecule has 4 heteroatoms. The Morgan fingerprint density at radius 1 is 1.00 bits per heavy atom. The Morgan fingerprint density at radius 3 is 2.68 bits per heavy atom. The molecule has 2 aromatic carbocycles. The number of anilines is 1. The fraction of sp³-hybridized carbons (Fsp3) is 0. The minimum absolute atomic E-state index is 0.415. The molecule has 3 aromatic rings. The SMILES string of the molecule is Nc1cccnc1Oc1ccc2ccccc2c1Br. The second-order valence-electron chi connectivity index (χ2n) is 4.10. The standard InChI is InChI=1S/C15H11BrN2O/c16-14-11-5-2-1-4-10(11)7-8-13(14)19-15-12(17)6-3-9-18-15/h1-9H,17H2. The van der Waals surface area contributed by atoms with Crippen molar-refractivity contribution in [3.8, 4) is 11.6 Å². The number of rotatable bonds is 2. The average molecular weight is 315 g/mol. The fourth-order valence-electron chi connectivity index (χ4n) is 1.89. The van der Waals surface area contributed by atoms with Gasteiger partial charge in [0.1, 0.15) is 5.75 Å². The van der Waals surface area contributed by atoms with Crippen LogP contribution in [0.4, 0.5) is 5.69 Å². The lowest BCUT2D eigenvalue weighted by molar-refractivity contribution is 0.463. The molecule has 0 bridgehead atoms. The van der Waals surface area contributed by atoms with Crippen LogP contribution in [0.25, 0.3) is 10.8 Å². The van der Waals surface area contributed by atoms with Crippen LogP contribution in [0.15, 0.2) is 59.2 Å². The number of fused-ring (bicyclic) bond motifs is 1. The van der Waals surface area contributed by atoms with Crippen molar-refractivity contribution in [3.05, 3.63) is 59.2 Å². The summed E-state index contributed by atoms with van der Waals surface area (Å²) < 4.78 is 6.66. The van der Waals surface area contributed by atoms with Gasteiger partial charge in [0.2, 0.25) is 5.88 Å². The van der Waals surface area contributed by atoms with Crippen LogP contribution in [0, 0.1) is 0 Å². The van der Waals surface area contributed by atoms with Gasteiger partial charge in [0.15, 0.2) is 0 Å². The molecule has 3 rings (SSSR count). The van der Waals surface area contributed by atoms with Crippen molar-refractivity contribution < 1.29 is 4.74 Å². The molecule has 0 aliphatic heterocycles. The zero-order chi connectivity index (χ0) is 13.2. The van der Waals surface area contributed by atoms with Gasteiger partial charge in [-0.15, -0.1) is 0 Å². The topological polar surface area (TPSA) is 48.1 Å². The van der Waals surface area contributed by atoms with E-state index >= 15 is 0 Å². The summed E-state index contributed by atoms with van der Waals surface area (Å²) in [5.41, 5.74) is 6.34. The zero-order valence-corrected chi connectivity index (χ0v) is 11.6. The van der Waals surface area contributed by atoms with Crippen molar-refractivity contribution in [1.29, 1.82) is 0 Å². The van der Waals surface area contributed by atoms with E-state index < -0.39 is 0 Å². The summed E-state index contributed by atoms with van der Waals surface area (Å²) in [6.07, 6.45) is 1.65. The smallest absolute Gasteiger partial charge is 0.242 e. The average Bonchev–Trinajstić information content (AvgIpc) is 2.44. The third-order valence-electron chi connectivity index (χ3n) is 2.84. The highest BCUT2D eigenvalue weighted by Crippen LogP contribution is 2.36. The minimum atomic E-state index is 0.415. The van der Waals surface area contributed by atoms with Crippen molar-refractivity contribution in [2.24, 2.45) is 0 Å². The molecule has 94 valence electrons. The molecule has 0 aliphatic rings. The van der Waals surface area contributed by atoms with Gasteiger partial charge in [0, 0.05) is 6.20 Å². The van der Waals surface area contributed by atoms with Gasteiger partial charge in [-0.3, -0.25) is 0 Å². The maximum atomic E-state index is 5.83. The van der Waals surface area contributed by atoms with Crippen LogP contribution in [-0.2, 0) is 0 Å². The molecule has 0 fully saturated rings. The summed E-state index contributed by atoms with van der Waals surface area (Å²) in [6, 6.07) is 15.5. The molecule has 1 aromatic heterocycles. The van der Waals surface area contributed by atoms with Crippen molar-refractivity contribution >= 4 is 32.4 Å². The Hall–Kier alpha value is -2.07. The van der Waals surface area contributed by atoms with E-state index in [1.165, 1.54) is 0 Å². The van der Waals surface area contributed by atoms with E-state index in [1.54, 1.807) is 18.3 Å². The highest BCUT2D eigenvalue weighted by atomic mass is 79.9. The normalized spacial score (nSPS) is 10.6. The van der Waals surface area contributed by atoms with Crippen molar-refractivity contribution in [2.75, 3.05) is 5.73 Å². The lowest BCUT2D eigenvalue weighted by atomic mass is 10.1. The van der Waals surface area contributed by atoms with Crippen LogP contribution in [0.3, 0.4) is 0 Å². The molecule has 3 nitrogen and oxygen atoms in total. The number of nitrogens with zero attached hydrogens (tertiary/aromatic N) is 1. The highest BCUT2D eigenvalue weighted by Gasteiger charge is 2.09. The molecule has 0 amide bonds. The van der Waals surface area contributed by atoms with E-state index in [0.717, 1.165) is 15.2 Å². The van der Waals surface area contributed by atoms with Gasteiger partial charge in [0.25, 0.3) is 0 Å². The number of halogens is 1. The van der Waals surface area contributed by atoms with Gasteiger partial charge in [-0.2, -0.15) is 0 Å². The molecule has 0 atom stereocenters. The molecular formula is C15H11BrN2O. The van der Waals surface area contributed by atoms with Crippen molar-refractivity contribution in [3.63, 3.8) is 0 Å². The third kappa shape index (κ3) is 2.27. The number of hydrogen-bond donors (Lipinski definition) is 1. The molecule has 0 saturated carbocycles. The number of ether oxygens (including phenoxy) is 1. The maximum absolute atomic E-state index is 5.83. The Balaban J connectivity index is 2.07. The van der Waals surface area contributed by atoms with Gasteiger partial charge in [-0.05, 0) is 44.9 Å². The zero-order valence-electron chi connectivity index (χ0n) is 10.0. The van der Waals surface area contributed by atoms with E-state index in [0.29, 0.717) is 17.3 Å². The first kappa shape index (κ1) is 12.0. The first-order valence-electron chi connectivity index (χ1n) is 5.81. The maximum Gasteiger partial charge on any atom is 0.242 e. The van der Waals surface area contributed by atoms with Gasteiger partial charge < -0.3 is 10.5 Å². The molecule has 0 saturated heterocycles. The molecule has 0 radical (unpaired) electrons. The quantitative estimate of drug-likeness (QED) is 0.764. The Kier molecular flexibility index (Phi) is 3.09. The van der Waals surface area contributed by atoms with Gasteiger partial charge in [-0.1, -0.05) is 30.3 Å². The molecule has 0 aliphatic carbocycles. The Morgan fingerprint density at radius 2 is 1.84 bits per heavy atom. The first-order valence-corrected chi connectivity index (χ1v) is 6.60. The third-order valence-corrected chi connectivity index (χ3v) is 3.65. The first-order chi connectivity index (χ1) is 9.25. The van der Waals surface area contributed by atoms with Gasteiger partial charge in [-0.25, -0.2) is 4.98 Å². The van der Waals surface area contributed by atoms with Crippen LogP contribution in [0.1, 0.15) is 0 Å². The number of benzene rings is 2. The lowest BCUT2D eigenvalue weighted by Crippen LogP contribution is -1.94. The predicted octanol–water partition coefficient (Wildman–Crippen LogP) is 4.37. The van der Waals surface area contributed by atoms with Gasteiger partial charge >= 0.3 is 0 Å². The van der Waals surface area contributed by atoms with Crippen LogP contribution in [0.2, 0.25) is 0 Å². The second kappa shape index (κ2) is 4.90. The summed E-state index contributed by atoms with van der Waals surface area (Å²) in [4.78, 5) is 4.13. The summed E-state index contributed by atoms with van der Waals surface area (Å²) in [5, 5.41) is 2.24. The number of nitrogens with two attached hydrogens (primary N) is 1. The summed E-state index contributed by atoms with van der Waals surface area (Å²) in [6.45, 7) is 0. The molecular weight excluding hydrogens is 304 g/mol. The molecule has 2 N–H and O–H groups in total. The summed E-state index contributed by atoms with van der Waals surface area (Å²) >= 11 is 3.57. The largest absolute Gasteiger partial charge is 0.436 e. The van der Waals surface area contributed by atoms with E-state index in [4.69, 9.17) is 10.5 Å². The number of nitrogen functional groups attached to an aromatic ring is 1. The monoisotopic (exact) mass is 314 g/mol. The highest BCUT2D eigenvalue weighted by molar-refractivity contribution is 9.10. The molecule has 19 heavy (non-hydrogen) atoms. The van der Waals surface area contributed by atoms with E-state index in [-0.39, 0.29) is 0 Å². The predicted molar refractivity (Wildman–Crippen MR) is 80.4 cm³/mol. The number of pyridine rings is 1. The number of aromatic nitrogens is 1. The van der Waals surface area contributed by atoms with Crippen LogP contribution in [-0.4, -0.2) is 4.98 Å². The van der Waals surface area contributed by atoms with Crippen molar-refractivity contribution in [1.82, 2.24) is 4.98 Å². The van der Waals surface area contributed by atoms with E-state index in [1.807, 2.05) is 30.3 Å². The molecule has 0 spiro atoms. The van der Waals surface area contributed by atoms with E-state index in [2.05, 4.69) is 27.0 Å². The summed E-state index contributed by atoms with van der Waals surface area (Å²) in [7, 11) is 0. The Bertz CT molecular complexity index is 743. The van der Waals surface area contributed by atoms with Crippen LogP contribution in [0.5, 0.6) is 11.6 Å². The Labute approximate surface area is 119 Å². The number of hydrogen-bond acceptors (Lipinski definition) is 3. The summed E-state index contributed by atoms with van der Waals surface area (Å²) in [5.74, 6) is 1.11.